The number of aromatic nitrogens is 4. The molecule has 0 aliphatic carbocycles. The number of benzene rings is 1. The van der Waals surface area contributed by atoms with Gasteiger partial charge in [-0.1, -0.05) is 12.1 Å². The normalized spacial score (nSPS) is 11.2. The molecular weight excluding hydrogens is 388 g/mol. The zero-order chi connectivity index (χ0) is 20.1. The Balaban J connectivity index is 1.68. The second kappa shape index (κ2) is 9.13. The first-order chi connectivity index (χ1) is 14.3. The predicted octanol–water partition coefficient (Wildman–Crippen LogP) is 3.47. The molecular formula is C21H22N4O3S. The van der Waals surface area contributed by atoms with Gasteiger partial charge < -0.3 is 14.6 Å². The number of nitrogens with zero attached hydrogens (tertiary/aromatic N) is 4. The van der Waals surface area contributed by atoms with Gasteiger partial charge >= 0.3 is 0 Å². The molecule has 0 aliphatic rings. The Kier molecular flexibility index (Phi) is 6.14. The second-order valence-electron chi connectivity index (χ2n) is 6.39. The van der Waals surface area contributed by atoms with Gasteiger partial charge in [0, 0.05) is 36.4 Å². The largest absolute Gasteiger partial charge is 0.497 e. The van der Waals surface area contributed by atoms with E-state index in [0.29, 0.717) is 19.6 Å². The standard InChI is InChI=1S/C21H22N4O3S/c1-27-16-5-2-4-15(14-16)19-20(25-9-13-29-21(25)24-19)17-7-8-22-18(23-17)6-3-11-28-12-10-26/h2,4-5,7-9,13-14,26H,3,6,10-12H2,1H3. The van der Waals surface area contributed by atoms with Gasteiger partial charge in [0.1, 0.15) is 17.3 Å². The first kappa shape index (κ1) is 19.5. The van der Waals surface area contributed by atoms with Crippen molar-refractivity contribution >= 4 is 16.3 Å². The van der Waals surface area contributed by atoms with Crippen molar-refractivity contribution in [2.24, 2.45) is 0 Å². The van der Waals surface area contributed by atoms with E-state index in [-0.39, 0.29) is 6.61 Å². The number of thiazole rings is 1. The molecule has 7 nitrogen and oxygen atoms in total. The second-order valence-corrected chi connectivity index (χ2v) is 7.27. The molecule has 0 bridgehead atoms. The Bertz CT molecular complexity index is 1090. The van der Waals surface area contributed by atoms with Crippen LogP contribution in [0.4, 0.5) is 0 Å². The highest BCUT2D eigenvalue weighted by molar-refractivity contribution is 7.15. The van der Waals surface area contributed by atoms with Crippen LogP contribution in [0.1, 0.15) is 12.2 Å². The highest BCUT2D eigenvalue weighted by Crippen LogP contribution is 2.34. The van der Waals surface area contributed by atoms with Crippen LogP contribution in [0.25, 0.3) is 27.6 Å². The van der Waals surface area contributed by atoms with Crippen LogP contribution in [0.3, 0.4) is 0 Å². The molecule has 8 heteroatoms. The van der Waals surface area contributed by atoms with Crippen LogP contribution in [-0.2, 0) is 11.2 Å². The van der Waals surface area contributed by atoms with E-state index in [0.717, 1.165) is 45.6 Å². The molecule has 1 N–H and O–H groups in total. The lowest BCUT2D eigenvalue weighted by Gasteiger charge is -2.07. The minimum absolute atomic E-state index is 0.0386. The van der Waals surface area contributed by atoms with Gasteiger partial charge in [0.15, 0.2) is 4.96 Å². The summed E-state index contributed by atoms with van der Waals surface area (Å²) < 4.78 is 12.8. The van der Waals surface area contributed by atoms with Gasteiger partial charge in [-0.3, -0.25) is 4.40 Å². The van der Waals surface area contributed by atoms with Gasteiger partial charge in [0.25, 0.3) is 0 Å². The van der Waals surface area contributed by atoms with Crippen molar-refractivity contribution in [2.45, 2.75) is 12.8 Å². The number of fused-ring (bicyclic) bond motifs is 1. The molecule has 150 valence electrons. The average molecular weight is 410 g/mol. The molecule has 0 spiro atoms. The van der Waals surface area contributed by atoms with E-state index in [1.54, 1.807) is 24.6 Å². The number of rotatable bonds is 9. The summed E-state index contributed by atoms with van der Waals surface area (Å²) in [5.74, 6) is 1.55. The lowest BCUT2D eigenvalue weighted by atomic mass is 10.1. The molecule has 0 saturated heterocycles. The fourth-order valence-electron chi connectivity index (χ4n) is 3.15. The van der Waals surface area contributed by atoms with E-state index in [1.807, 2.05) is 41.9 Å². The van der Waals surface area contributed by atoms with Crippen molar-refractivity contribution in [2.75, 3.05) is 26.9 Å². The van der Waals surface area contributed by atoms with Crippen LogP contribution >= 0.6 is 11.3 Å². The average Bonchev–Trinajstić information content (AvgIpc) is 3.35. The fourth-order valence-corrected chi connectivity index (χ4v) is 3.87. The van der Waals surface area contributed by atoms with Crippen LogP contribution < -0.4 is 4.74 Å². The van der Waals surface area contributed by atoms with Gasteiger partial charge in [0.2, 0.25) is 0 Å². The zero-order valence-electron chi connectivity index (χ0n) is 16.1. The SMILES string of the molecule is COc1cccc(-c2nc3sccn3c2-c2ccnc(CCCOCCO)n2)c1. The lowest BCUT2D eigenvalue weighted by molar-refractivity contribution is 0.0906. The summed E-state index contributed by atoms with van der Waals surface area (Å²) >= 11 is 1.59. The molecule has 0 radical (unpaired) electrons. The third-order valence-electron chi connectivity index (χ3n) is 4.48. The summed E-state index contributed by atoms with van der Waals surface area (Å²) in [7, 11) is 1.66. The van der Waals surface area contributed by atoms with E-state index in [2.05, 4.69) is 9.38 Å². The highest BCUT2D eigenvalue weighted by atomic mass is 32.1. The lowest BCUT2D eigenvalue weighted by Crippen LogP contribution is -2.04. The van der Waals surface area contributed by atoms with Crippen molar-refractivity contribution in [1.82, 2.24) is 19.4 Å². The molecule has 1 aromatic carbocycles. The number of imidazole rings is 1. The van der Waals surface area contributed by atoms with Crippen LogP contribution in [0.5, 0.6) is 5.75 Å². The Hall–Kier alpha value is -2.81. The Labute approximate surface area is 172 Å². The number of aliphatic hydroxyl groups is 1. The quantitative estimate of drug-likeness (QED) is 0.426. The molecule has 3 aromatic heterocycles. The highest BCUT2D eigenvalue weighted by Gasteiger charge is 2.18. The van der Waals surface area contributed by atoms with Crippen molar-refractivity contribution in [1.29, 1.82) is 0 Å². The monoisotopic (exact) mass is 410 g/mol. The van der Waals surface area contributed by atoms with Crippen molar-refractivity contribution in [3.8, 4) is 28.4 Å². The molecule has 0 fully saturated rings. The third kappa shape index (κ3) is 4.29. The molecule has 0 amide bonds. The van der Waals surface area contributed by atoms with Gasteiger partial charge in [-0.2, -0.15) is 0 Å². The molecule has 0 saturated carbocycles. The molecule has 0 aliphatic heterocycles. The smallest absolute Gasteiger partial charge is 0.194 e. The van der Waals surface area contributed by atoms with Gasteiger partial charge in [-0.05, 0) is 24.6 Å². The van der Waals surface area contributed by atoms with Crippen LogP contribution in [0.15, 0.2) is 48.1 Å². The van der Waals surface area contributed by atoms with Crippen LogP contribution in [0, 0.1) is 0 Å². The van der Waals surface area contributed by atoms with E-state index < -0.39 is 0 Å². The van der Waals surface area contributed by atoms with Crippen LogP contribution in [-0.4, -0.2) is 51.4 Å². The summed E-state index contributed by atoms with van der Waals surface area (Å²) in [5.41, 5.74) is 3.61. The summed E-state index contributed by atoms with van der Waals surface area (Å²) in [5, 5.41) is 10.8. The van der Waals surface area contributed by atoms with Gasteiger partial charge in [0.05, 0.1) is 31.7 Å². The number of hydrogen-bond acceptors (Lipinski definition) is 7. The molecule has 0 atom stereocenters. The Morgan fingerprint density at radius 2 is 2.10 bits per heavy atom. The zero-order valence-corrected chi connectivity index (χ0v) is 16.9. The summed E-state index contributed by atoms with van der Waals surface area (Å²) in [6.07, 6.45) is 5.30. The van der Waals surface area contributed by atoms with E-state index in [9.17, 15) is 0 Å². The maximum atomic E-state index is 8.78. The number of aryl methyl sites for hydroxylation is 1. The molecule has 4 aromatic rings. The minimum Gasteiger partial charge on any atom is -0.497 e. The maximum Gasteiger partial charge on any atom is 0.194 e. The van der Waals surface area contributed by atoms with Crippen molar-refractivity contribution < 1.29 is 14.6 Å². The minimum atomic E-state index is 0.0386. The number of hydrogen-bond donors (Lipinski definition) is 1. The van der Waals surface area contributed by atoms with Crippen LogP contribution in [0.2, 0.25) is 0 Å². The summed E-state index contributed by atoms with van der Waals surface area (Å²) in [4.78, 5) is 14.9. The van der Waals surface area contributed by atoms with Crippen molar-refractivity contribution in [3.05, 3.63) is 53.9 Å². The summed E-state index contributed by atoms with van der Waals surface area (Å²) in [6.45, 7) is 0.971. The first-order valence-corrected chi connectivity index (χ1v) is 10.3. The van der Waals surface area contributed by atoms with E-state index in [1.165, 1.54) is 0 Å². The molecule has 29 heavy (non-hydrogen) atoms. The van der Waals surface area contributed by atoms with Gasteiger partial charge in [-0.15, -0.1) is 11.3 Å². The molecule has 3 heterocycles. The van der Waals surface area contributed by atoms with E-state index in [4.69, 9.17) is 24.5 Å². The fraction of sp³-hybridized carbons (Fsp3) is 0.286. The number of methoxy groups -OCH3 is 1. The predicted molar refractivity (Wildman–Crippen MR) is 112 cm³/mol. The Morgan fingerprint density at radius 1 is 1.17 bits per heavy atom. The summed E-state index contributed by atoms with van der Waals surface area (Å²) in [6, 6.07) is 9.80. The topological polar surface area (TPSA) is 81.8 Å². The third-order valence-corrected chi connectivity index (χ3v) is 5.23. The first-order valence-electron chi connectivity index (χ1n) is 9.41. The van der Waals surface area contributed by atoms with Gasteiger partial charge in [-0.25, -0.2) is 15.0 Å². The van der Waals surface area contributed by atoms with Crippen molar-refractivity contribution in [3.63, 3.8) is 0 Å². The van der Waals surface area contributed by atoms with E-state index >= 15 is 0 Å². The Morgan fingerprint density at radius 3 is 2.97 bits per heavy atom. The number of ether oxygens (including phenoxy) is 2. The number of aliphatic hydroxyl groups excluding tert-OH is 1. The molecule has 0 unspecified atom stereocenters. The molecule has 4 rings (SSSR count). The maximum absolute atomic E-state index is 8.78.